The van der Waals surface area contributed by atoms with E-state index in [9.17, 15) is 19.2 Å². The third kappa shape index (κ3) is 3.53. The number of aromatic carboxylic acids is 2. The van der Waals surface area contributed by atoms with Crippen molar-refractivity contribution in [2.45, 2.75) is 0 Å². The van der Waals surface area contributed by atoms with E-state index < -0.39 is 18.0 Å². The average molecular weight is 356 g/mol. The zero-order valence-corrected chi connectivity index (χ0v) is 13.0. The molecule has 0 aliphatic rings. The fraction of sp³-hybridized carbons (Fsp3) is 0. The Balaban J connectivity index is 1.81. The van der Waals surface area contributed by atoms with E-state index in [2.05, 4.69) is 20.6 Å². The van der Waals surface area contributed by atoms with E-state index in [-0.39, 0.29) is 22.5 Å². The molecular weight excluding hydrogens is 344 g/mol. The number of nitrogens with one attached hydrogen (secondary N) is 4. The summed E-state index contributed by atoms with van der Waals surface area (Å²) in [4.78, 5) is 50.6. The van der Waals surface area contributed by atoms with E-state index in [1.54, 1.807) is 12.1 Å². The number of H-pyrrole nitrogens is 2. The molecule has 0 spiro atoms. The molecule has 0 fully saturated rings. The van der Waals surface area contributed by atoms with Gasteiger partial charge in [-0.3, -0.25) is 0 Å². The van der Waals surface area contributed by atoms with E-state index in [0.717, 1.165) is 18.2 Å². The summed E-state index contributed by atoms with van der Waals surface area (Å²) in [7, 11) is 0. The summed E-state index contributed by atoms with van der Waals surface area (Å²) >= 11 is 0. The summed E-state index contributed by atoms with van der Waals surface area (Å²) in [6.45, 7) is 0. The number of fused-ring (bicyclic) bond motifs is 1. The van der Waals surface area contributed by atoms with E-state index >= 15 is 0 Å². The number of aromatic amines is 2. The molecule has 10 heteroatoms. The molecule has 0 aliphatic heterocycles. The first-order valence-corrected chi connectivity index (χ1v) is 7.23. The van der Waals surface area contributed by atoms with Crippen molar-refractivity contribution in [3.63, 3.8) is 0 Å². The van der Waals surface area contributed by atoms with Crippen molar-refractivity contribution in [3.05, 3.63) is 58.0 Å². The van der Waals surface area contributed by atoms with Gasteiger partial charge < -0.3 is 30.8 Å². The average Bonchev–Trinajstić information content (AvgIpc) is 2.93. The monoisotopic (exact) mass is 356 g/mol. The van der Waals surface area contributed by atoms with Gasteiger partial charge in [0.2, 0.25) is 0 Å². The van der Waals surface area contributed by atoms with E-state index in [4.69, 9.17) is 10.2 Å². The summed E-state index contributed by atoms with van der Waals surface area (Å²) in [5, 5.41) is 23.0. The Kier molecular flexibility index (Phi) is 4.15. The van der Waals surface area contributed by atoms with Crippen molar-refractivity contribution in [1.29, 1.82) is 0 Å². The van der Waals surface area contributed by atoms with Gasteiger partial charge in [-0.05, 0) is 36.4 Å². The minimum absolute atomic E-state index is 0.0101. The second-order valence-electron chi connectivity index (χ2n) is 5.33. The topological polar surface area (TPSA) is 164 Å². The van der Waals surface area contributed by atoms with Crippen molar-refractivity contribution < 1.29 is 24.6 Å². The molecule has 0 radical (unpaired) electrons. The molecule has 2 aromatic carbocycles. The maximum absolute atomic E-state index is 12.1. The van der Waals surface area contributed by atoms with E-state index in [1.165, 1.54) is 6.07 Å². The van der Waals surface area contributed by atoms with Crippen LogP contribution in [0.1, 0.15) is 20.7 Å². The smallest absolute Gasteiger partial charge is 0.335 e. The Hall–Kier alpha value is -4.08. The first-order valence-electron chi connectivity index (χ1n) is 7.23. The third-order valence-electron chi connectivity index (χ3n) is 3.46. The first kappa shape index (κ1) is 16.8. The summed E-state index contributed by atoms with van der Waals surface area (Å²) in [5.41, 5.74) is 0.524. The zero-order chi connectivity index (χ0) is 18.8. The molecule has 0 saturated heterocycles. The van der Waals surface area contributed by atoms with Crippen LogP contribution >= 0.6 is 0 Å². The Bertz CT molecular complexity index is 1070. The molecule has 10 nitrogen and oxygen atoms in total. The highest BCUT2D eigenvalue weighted by Gasteiger charge is 2.13. The summed E-state index contributed by atoms with van der Waals surface area (Å²) in [6, 6.07) is 7.25. The van der Waals surface area contributed by atoms with Crippen LogP contribution in [0.5, 0.6) is 0 Å². The number of hydrogen-bond donors (Lipinski definition) is 6. The molecule has 1 heterocycles. The number of rotatable bonds is 4. The number of carbonyl (C=O) groups excluding carboxylic acids is 1. The van der Waals surface area contributed by atoms with Crippen molar-refractivity contribution >= 4 is 40.4 Å². The number of carboxylic acid groups (broad SMARTS) is 2. The summed E-state index contributed by atoms with van der Waals surface area (Å²) < 4.78 is 0. The number of hydrogen-bond acceptors (Lipinski definition) is 4. The van der Waals surface area contributed by atoms with Gasteiger partial charge in [0.25, 0.3) is 0 Å². The quantitative estimate of drug-likeness (QED) is 0.418. The first-order chi connectivity index (χ1) is 12.3. The Morgan fingerprint density at radius 1 is 0.769 bits per heavy atom. The Labute approximate surface area is 144 Å². The van der Waals surface area contributed by atoms with Gasteiger partial charge in [-0.1, -0.05) is 0 Å². The maximum atomic E-state index is 12.1. The van der Waals surface area contributed by atoms with Gasteiger partial charge >= 0.3 is 23.7 Å². The Morgan fingerprint density at radius 2 is 1.35 bits per heavy atom. The van der Waals surface area contributed by atoms with Crippen LogP contribution in [-0.4, -0.2) is 38.2 Å². The van der Waals surface area contributed by atoms with Crippen LogP contribution in [0.3, 0.4) is 0 Å². The van der Waals surface area contributed by atoms with Crippen LogP contribution in [0.15, 0.2) is 41.2 Å². The summed E-state index contributed by atoms with van der Waals surface area (Å²) in [6.07, 6.45) is 0. The van der Waals surface area contributed by atoms with Crippen molar-refractivity contribution in [2.75, 3.05) is 10.6 Å². The SMILES string of the molecule is O=C(Nc1cc(C(=O)O)cc(C(=O)O)c1)Nc1ccc2[nH]c(=O)[nH]c2c1. The van der Waals surface area contributed by atoms with E-state index in [1.807, 2.05) is 0 Å². The van der Waals surface area contributed by atoms with Crippen LogP contribution in [0.4, 0.5) is 16.2 Å². The fourth-order valence-electron chi connectivity index (χ4n) is 2.35. The van der Waals surface area contributed by atoms with Crippen LogP contribution in [-0.2, 0) is 0 Å². The molecule has 6 N–H and O–H groups in total. The molecule has 132 valence electrons. The molecule has 0 aliphatic carbocycles. The molecule has 0 atom stereocenters. The molecule has 0 bridgehead atoms. The van der Waals surface area contributed by atoms with Gasteiger partial charge in [-0.15, -0.1) is 0 Å². The minimum Gasteiger partial charge on any atom is -0.478 e. The number of carbonyl (C=O) groups is 3. The number of benzene rings is 2. The van der Waals surface area contributed by atoms with Gasteiger partial charge in [0.15, 0.2) is 0 Å². The molecule has 26 heavy (non-hydrogen) atoms. The van der Waals surface area contributed by atoms with Crippen LogP contribution in [0.25, 0.3) is 11.0 Å². The second-order valence-corrected chi connectivity index (χ2v) is 5.33. The summed E-state index contributed by atoms with van der Waals surface area (Å²) in [5.74, 6) is -2.64. The number of urea groups is 1. The van der Waals surface area contributed by atoms with Gasteiger partial charge in [-0.2, -0.15) is 0 Å². The lowest BCUT2D eigenvalue weighted by atomic mass is 10.1. The van der Waals surface area contributed by atoms with Crippen molar-refractivity contribution in [1.82, 2.24) is 9.97 Å². The normalized spacial score (nSPS) is 10.5. The number of amides is 2. The minimum atomic E-state index is -1.32. The van der Waals surface area contributed by atoms with Crippen molar-refractivity contribution in [2.24, 2.45) is 0 Å². The predicted molar refractivity (Wildman–Crippen MR) is 91.9 cm³/mol. The molecule has 0 saturated carbocycles. The second kappa shape index (κ2) is 6.43. The highest BCUT2D eigenvalue weighted by Crippen LogP contribution is 2.18. The molecule has 3 rings (SSSR count). The number of aromatic nitrogens is 2. The molecule has 3 aromatic rings. The maximum Gasteiger partial charge on any atom is 0.335 e. The standard InChI is InChI=1S/C16H12N4O6/c21-13(22)7-3-8(14(23)24)5-10(4-7)18-15(25)17-9-1-2-11-12(6-9)20-16(26)19-11/h1-6H,(H,21,22)(H,23,24)(H2,17,18,25)(H2,19,20,26). The lowest BCUT2D eigenvalue weighted by Gasteiger charge is -2.09. The third-order valence-corrected chi connectivity index (χ3v) is 3.46. The Morgan fingerprint density at radius 3 is 1.96 bits per heavy atom. The van der Waals surface area contributed by atoms with Crippen LogP contribution < -0.4 is 16.3 Å². The van der Waals surface area contributed by atoms with Gasteiger partial charge in [0.1, 0.15) is 0 Å². The number of carboxylic acids is 2. The molecule has 1 aromatic heterocycles. The number of anilines is 2. The van der Waals surface area contributed by atoms with Crippen LogP contribution in [0.2, 0.25) is 0 Å². The lowest BCUT2D eigenvalue weighted by molar-refractivity contribution is 0.0696. The largest absolute Gasteiger partial charge is 0.478 e. The van der Waals surface area contributed by atoms with Gasteiger partial charge in [0, 0.05) is 11.4 Å². The fourth-order valence-corrected chi connectivity index (χ4v) is 2.35. The molecule has 2 amide bonds. The lowest BCUT2D eigenvalue weighted by Crippen LogP contribution is -2.20. The predicted octanol–water partition coefficient (Wildman–Crippen LogP) is 1.90. The van der Waals surface area contributed by atoms with Gasteiger partial charge in [-0.25, -0.2) is 19.2 Å². The van der Waals surface area contributed by atoms with Crippen LogP contribution in [0, 0.1) is 0 Å². The highest BCUT2D eigenvalue weighted by atomic mass is 16.4. The van der Waals surface area contributed by atoms with Gasteiger partial charge in [0.05, 0.1) is 22.2 Å². The molecular formula is C16H12N4O6. The van der Waals surface area contributed by atoms with Crippen molar-refractivity contribution in [3.8, 4) is 0 Å². The highest BCUT2D eigenvalue weighted by molar-refractivity contribution is 6.03. The van der Waals surface area contributed by atoms with E-state index in [0.29, 0.717) is 16.7 Å². The number of imidazole rings is 1. The zero-order valence-electron chi connectivity index (χ0n) is 13.0. The molecule has 0 unspecified atom stereocenters.